The number of rotatable bonds is 8. The summed E-state index contributed by atoms with van der Waals surface area (Å²) in [6, 6.07) is 13.9. The summed E-state index contributed by atoms with van der Waals surface area (Å²) in [5, 5.41) is 23.0. The number of nitrogens with zero attached hydrogens (tertiary/aromatic N) is 4. The number of fused-ring (bicyclic) bond motifs is 1. The Labute approximate surface area is 218 Å². The topological polar surface area (TPSA) is 135 Å². The van der Waals surface area contributed by atoms with Gasteiger partial charge in [0.1, 0.15) is 17.4 Å². The molecule has 38 heavy (non-hydrogen) atoms. The molecule has 10 nitrogen and oxygen atoms in total. The smallest absolute Gasteiger partial charge is 0.273 e. The van der Waals surface area contributed by atoms with Gasteiger partial charge in [-0.2, -0.15) is 10.4 Å². The Bertz CT molecular complexity index is 1510. The minimum atomic E-state index is -0.938. The maximum Gasteiger partial charge on any atom is 0.273 e. The second kappa shape index (κ2) is 10.7. The first-order valence-corrected chi connectivity index (χ1v) is 11.8. The number of carbonyl (C=O) groups excluding carboxylic acids is 2. The van der Waals surface area contributed by atoms with Gasteiger partial charge in [-0.15, -0.1) is 0 Å². The largest absolute Gasteiger partial charge is 0.479 e. The zero-order valence-electron chi connectivity index (χ0n) is 21.4. The van der Waals surface area contributed by atoms with Crippen LogP contribution in [-0.4, -0.2) is 39.9 Å². The van der Waals surface area contributed by atoms with Crippen molar-refractivity contribution in [3.8, 4) is 11.9 Å². The van der Waals surface area contributed by atoms with Crippen LogP contribution in [0.15, 0.2) is 53.1 Å². The lowest BCUT2D eigenvalue weighted by molar-refractivity contribution is -0.125. The van der Waals surface area contributed by atoms with Gasteiger partial charge in [-0.25, -0.2) is 4.39 Å². The number of carbonyl (C=O) groups is 2. The molecule has 1 atom stereocenters. The molecule has 2 N–H and O–H groups in total. The summed E-state index contributed by atoms with van der Waals surface area (Å²) in [5.41, 5.74) is 0.775. The molecule has 1 unspecified atom stereocenters. The average molecular weight is 519 g/mol. The highest BCUT2D eigenvalue weighted by Crippen LogP contribution is 2.25. The summed E-state index contributed by atoms with van der Waals surface area (Å²) in [5.74, 6) is -0.914. The summed E-state index contributed by atoms with van der Waals surface area (Å²) in [4.78, 5) is 26.5. The van der Waals surface area contributed by atoms with Crippen LogP contribution in [0.1, 0.15) is 48.1 Å². The Morgan fingerprint density at radius 2 is 1.95 bits per heavy atom. The lowest BCUT2D eigenvalue weighted by atomic mass is 9.86. The van der Waals surface area contributed by atoms with E-state index in [2.05, 4.69) is 27.0 Å². The molecule has 0 aliphatic carbocycles. The maximum atomic E-state index is 14.9. The van der Waals surface area contributed by atoms with Gasteiger partial charge < -0.3 is 19.9 Å². The molecule has 2 heterocycles. The third kappa shape index (κ3) is 5.64. The van der Waals surface area contributed by atoms with Crippen molar-refractivity contribution >= 4 is 22.7 Å². The van der Waals surface area contributed by atoms with Gasteiger partial charge in [0.15, 0.2) is 11.5 Å². The number of nitriles is 1. The SMILES string of the molecule is COc1cc(CNC(=O)C(NC(=O)c2nn(Cc3ccc(C#N)cc3)c3c(F)cccc23)C(C)(C)C)on1. The number of benzene rings is 2. The van der Waals surface area contributed by atoms with Crippen LogP contribution in [0.3, 0.4) is 0 Å². The third-order valence-electron chi connectivity index (χ3n) is 5.94. The molecule has 2 aromatic carbocycles. The first-order valence-electron chi connectivity index (χ1n) is 11.8. The predicted molar refractivity (Wildman–Crippen MR) is 136 cm³/mol. The van der Waals surface area contributed by atoms with Crippen LogP contribution < -0.4 is 15.4 Å². The molecular weight excluding hydrogens is 491 g/mol. The van der Waals surface area contributed by atoms with Crippen molar-refractivity contribution in [1.82, 2.24) is 25.6 Å². The highest BCUT2D eigenvalue weighted by molar-refractivity contribution is 6.06. The molecular formula is C27H27FN6O4. The Balaban J connectivity index is 1.59. The standard InChI is InChI=1S/C27H27FN6O4/c1-27(2,3)24(26(36)30-14-18-12-21(37-4)33-38-18)31-25(35)22-19-6-5-7-20(28)23(19)34(32-22)15-17-10-8-16(13-29)9-11-17/h5-12,24H,14-15H2,1-4H3,(H,30,36)(H,31,35). The van der Waals surface area contributed by atoms with Gasteiger partial charge in [-0.3, -0.25) is 14.3 Å². The van der Waals surface area contributed by atoms with Crippen LogP contribution in [0.2, 0.25) is 0 Å². The number of amides is 2. The van der Waals surface area contributed by atoms with Crippen molar-refractivity contribution in [2.24, 2.45) is 5.41 Å². The van der Waals surface area contributed by atoms with E-state index >= 15 is 0 Å². The number of methoxy groups -OCH3 is 1. The average Bonchev–Trinajstić information content (AvgIpc) is 3.51. The Morgan fingerprint density at radius 3 is 2.58 bits per heavy atom. The normalized spacial score (nSPS) is 12.1. The summed E-state index contributed by atoms with van der Waals surface area (Å²) in [6.45, 7) is 5.67. The summed E-state index contributed by atoms with van der Waals surface area (Å²) in [7, 11) is 1.45. The minimum Gasteiger partial charge on any atom is -0.479 e. The highest BCUT2D eigenvalue weighted by Gasteiger charge is 2.34. The fourth-order valence-corrected chi connectivity index (χ4v) is 3.96. The van der Waals surface area contributed by atoms with Gasteiger partial charge >= 0.3 is 0 Å². The number of para-hydroxylation sites is 1. The van der Waals surface area contributed by atoms with E-state index in [1.807, 2.05) is 20.8 Å². The third-order valence-corrected chi connectivity index (χ3v) is 5.94. The number of hydrogen-bond donors (Lipinski definition) is 2. The van der Waals surface area contributed by atoms with Crippen LogP contribution in [-0.2, 0) is 17.9 Å². The minimum absolute atomic E-state index is 0.00448. The Hall–Kier alpha value is -4.72. The summed E-state index contributed by atoms with van der Waals surface area (Å²) in [6.07, 6.45) is 0. The van der Waals surface area contributed by atoms with Gasteiger partial charge in [0, 0.05) is 11.5 Å². The van der Waals surface area contributed by atoms with Crippen molar-refractivity contribution in [2.45, 2.75) is 39.9 Å². The van der Waals surface area contributed by atoms with Crippen LogP contribution in [0.5, 0.6) is 5.88 Å². The quantitative estimate of drug-likeness (QED) is 0.364. The fraction of sp³-hybridized carbons (Fsp3) is 0.296. The molecule has 11 heteroatoms. The van der Waals surface area contributed by atoms with Crippen molar-refractivity contribution in [1.29, 1.82) is 5.26 Å². The molecule has 2 amide bonds. The summed E-state index contributed by atoms with van der Waals surface area (Å²) >= 11 is 0. The van der Waals surface area contributed by atoms with E-state index < -0.39 is 29.1 Å². The molecule has 0 spiro atoms. The van der Waals surface area contributed by atoms with E-state index in [0.717, 1.165) is 5.56 Å². The molecule has 2 aromatic heterocycles. The van der Waals surface area contributed by atoms with Crippen LogP contribution in [0, 0.1) is 22.6 Å². The molecule has 0 bridgehead atoms. The second-order valence-electron chi connectivity index (χ2n) is 9.78. The number of hydrogen-bond acceptors (Lipinski definition) is 7. The molecule has 196 valence electrons. The second-order valence-corrected chi connectivity index (χ2v) is 9.78. The van der Waals surface area contributed by atoms with E-state index in [-0.39, 0.29) is 30.2 Å². The number of halogens is 1. The van der Waals surface area contributed by atoms with Gasteiger partial charge in [-0.1, -0.05) is 45.0 Å². The van der Waals surface area contributed by atoms with E-state index in [0.29, 0.717) is 16.7 Å². The van der Waals surface area contributed by atoms with Crippen molar-refractivity contribution in [3.63, 3.8) is 0 Å². The number of nitrogens with one attached hydrogen (secondary N) is 2. The molecule has 0 aliphatic rings. The molecule has 0 fully saturated rings. The maximum absolute atomic E-state index is 14.9. The molecule has 0 radical (unpaired) electrons. The van der Waals surface area contributed by atoms with Crippen molar-refractivity contribution < 1.29 is 23.2 Å². The molecule has 0 aliphatic heterocycles. The molecule has 0 saturated carbocycles. The molecule has 0 saturated heterocycles. The van der Waals surface area contributed by atoms with E-state index in [1.54, 1.807) is 36.4 Å². The van der Waals surface area contributed by atoms with Gasteiger partial charge in [0.2, 0.25) is 5.91 Å². The van der Waals surface area contributed by atoms with Crippen LogP contribution in [0.25, 0.3) is 10.9 Å². The zero-order valence-corrected chi connectivity index (χ0v) is 21.4. The van der Waals surface area contributed by atoms with E-state index in [4.69, 9.17) is 14.5 Å². The lowest BCUT2D eigenvalue weighted by Crippen LogP contribution is -2.53. The van der Waals surface area contributed by atoms with Gasteiger partial charge in [-0.05, 0) is 34.3 Å². The Kier molecular flexibility index (Phi) is 7.43. The fourth-order valence-electron chi connectivity index (χ4n) is 3.96. The number of aromatic nitrogens is 3. The van der Waals surface area contributed by atoms with E-state index in [1.165, 1.54) is 23.9 Å². The molecule has 4 aromatic rings. The first-order chi connectivity index (χ1) is 18.1. The lowest BCUT2D eigenvalue weighted by Gasteiger charge is -2.30. The van der Waals surface area contributed by atoms with Crippen LogP contribution in [0.4, 0.5) is 4.39 Å². The Morgan fingerprint density at radius 1 is 1.21 bits per heavy atom. The zero-order chi connectivity index (χ0) is 27.4. The van der Waals surface area contributed by atoms with Crippen molar-refractivity contribution in [2.75, 3.05) is 7.11 Å². The van der Waals surface area contributed by atoms with Gasteiger partial charge in [0.05, 0.1) is 31.8 Å². The monoisotopic (exact) mass is 518 g/mol. The van der Waals surface area contributed by atoms with Gasteiger partial charge in [0.25, 0.3) is 11.8 Å². The van der Waals surface area contributed by atoms with E-state index in [9.17, 15) is 14.0 Å². The van der Waals surface area contributed by atoms with Crippen LogP contribution >= 0.6 is 0 Å². The first kappa shape index (κ1) is 26.3. The van der Waals surface area contributed by atoms with Crippen molar-refractivity contribution in [3.05, 3.63) is 76.9 Å². The summed E-state index contributed by atoms with van der Waals surface area (Å²) < 4.78 is 26.4. The highest BCUT2D eigenvalue weighted by atomic mass is 19.1. The number of ether oxygens (including phenoxy) is 1. The predicted octanol–water partition coefficient (Wildman–Crippen LogP) is 3.55. The molecule has 4 rings (SSSR count).